The number of phenolic OH excluding ortho intramolecular Hbond substituents is 1. The molecule has 1 aromatic carbocycles. The number of benzene rings is 1. The maximum absolute atomic E-state index is 10.1. The van der Waals surface area contributed by atoms with Crippen LogP contribution in [0.25, 0.3) is 0 Å². The minimum absolute atomic E-state index is 0.264. The van der Waals surface area contributed by atoms with E-state index in [1.54, 1.807) is 20.2 Å². The maximum Gasteiger partial charge on any atom is 0.191 e. The molecule has 0 heterocycles. The largest absolute Gasteiger partial charge is 0.508 e. The average molecular weight is 378 g/mol. The van der Waals surface area contributed by atoms with Gasteiger partial charge in [-0.3, -0.25) is 4.99 Å². The molecule has 6 nitrogen and oxygen atoms in total. The Bertz CT molecular complexity index is 598. The van der Waals surface area contributed by atoms with Crippen molar-refractivity contribution in [3.63, 3.8) is 0 Å². The Morgan fingerprint density at radius 3 is 2.67 bits per heavy atom. The highest BCUT2D eigenvalue weighted by molar-refractivity contribution is 5.79. The van der Waals surface area contributed by atoms with E-state index in [-0.39, 0.29) is 5.75 Å². The van der Waals surface area contributed by atoms with Crippen molar-refractivity contribution in [1.29, 1.82) is 0 Å². The topological polar surface area (TPSA) is 75.1 Å². The lowest BCUT2D eigenvalue weighted by Crippen LogP contribution is -2.44. The molecule has 0 radical (unpaired) electrons. The summed E-state index contributed by atoms with van der Waals surface area (Å²) in [7, 11) is 3.39. The summed E-state index contributed by atoms with van der Waals surface area (Å²) in [5.41, 5.74) is 1.21. The van der Waals surface area contributed by atoms with Crippen LogP contribution in [-0.2, 0) is 11.2 Å². The van der Waals surface area contributed by atoms with Crippen LogP contribution in [0.15, 0.2) is 23.2 Å². The van der Waals surface area contributed by atoms with Crippen molar-refractivity contribution in [3.8, 4) is 11.5 Å². The van der Waals surface area contributed by atoms with Crippen LogP contribution in [0.1, 0.15) is 44.6 Å². The van der Waals surface area contributed by atoms with Gasteiger partial charge in [-0.15, -0.1) is 0 Å². The third kappa shape index (κ3) is 6.61. The molecule has 1 aliphatic carbocycles. The van der Waals surface area contributed by atoms with Gasteiger partial charge >= 0.3 is 0 Å². The zero-order chi connectivity index (χ0) is 19.5. The molecule has 0 aliphatic heterocycles. The van der Waals surface area contributed by atoms with E-state index < -0.39 is 0 Å². The molecular weight excluding hydrogens is 342 g/mol. The fraction of sp³-hybridized carbons (Fsp3) is 0.667. The van der Waals surface area contributed by atoms with E-state index in [0.29, 0.717) is 24.1 Å². The van der Waals surface area contributed by atoms with Crippen molar-refractivity contribution in [3.05, 3.63) is 23.8 Å². The molecule has 0 atom stereocenters. The molecular formula is C21H35N3O3. The molecule has 0 spiro atoms. The van der Waals surface area contributed by atoms with Gasteiger partial charge in [0.25, 0.3) is 0 Å². The zero-order valence-corrected chi connectivity index (χ0v) is 17.0. The van der Waals surface area contributed by atoms with E-state index in [4.69, 9.17) is 9.47 Å². The molecule has 0 aromatic heterocycles. The van der Waals surface area contributed by atoms with Gasteiger partial charge in [-0.05, 0) is 49.7 Å². The Morgan fingerprint density at radius 2 is 2.04 bits per heavy atom. The van der Waals surface area contributed by atoms with Gasteiger partial charge in [0.2, 0.25) is 0 Å². The van der Waals surface area contributed by atoms with Crippen molar-refractivity contribution in [1.82, 2.24) is 10.6 Å². The first-order valence-corrected chi connectivity index (χ1v) is 10.0. The van der Waals surface area contributed by atoms with Crippen molar-refractivity contribution in [2.75, 3.05) is 40.5 Å². The lowest BCUT2D eigenvalue weighted by molar-refractivity contribution is 0.105. The Kier molecular flexibility index (Phi) is 8.72. The fourth-order valence-electron chi connectivity index (χ4n) is 3.76. The zero-order valence-electron chi connectivity index (χ0n) is 17.0. The van der Waals surface area contributed by atoms with Gasteiger partial charge in [-0.1, -0.05) is 18.9 Å². The minimum Gasteiger partial charge on any atom is -0.508 e. The first-order chi connectivity index (χ1) is 13.1. The van der Waals surface area contributed by atoms with Crippen LogP contribution in [0.2, 0.25) is 0 Å². The molecule has 3 N–H and O–H groups in total. The summed E-state index contributed by atoms with van der Waals surface area (Å²) in [5.74, 6) is 1.74. The average Bonchev–Trinajstić information content (AvgIpc) is 3.14. The highest BCUT2D eigenvalue weighted by Gasteiger charge is 2.33. The lowest BCUT2D eigenvalue weighted by atomic mass is 9.83. The van der Waals surface area contributed by atoms with Gasteiger partial charge in [-0.25, -0.2) is 0 Å². The normalized spacial score (nSPS) is 16.3. The molecule has 0 bridgehead atoms. The van der Waals surface area contributed by atoms with Crippen LogP contribution in [0.5, 0.6) is 11.5 Å². The van der Waals surface area contributed by atoms with E-state index in [1.807, 2.05) is 19.1 Å². The van der Waals surface area contributed by atoms with Crippen molar-refractivity contribution in [2.24, 2.45) is 10.4 Å². The number of ether oxygens (including phenoxy) is 2. The molecule has 27 heavy (non-hydrogen) atoms. The van der Waals surface area contributed by atoms with E-state index >= 15 is 0 Å². The number of nitrogens with one attached hydrogen (secondary N) is 2. The predicted molar refractivity (Wildman–Crippen MR) is 110 cm³/mol. The van der Waals surface area contributed by atoms with E-state index in [9.17, 15) is 5.11 Å². The van der Waals surface area contributed by atoms with E-state index in [1.165, 1.54) is 25.7 Å². The Hall–Kier alpha value is -1.95. The molecule has 1 saturated carbocycles. The van der Waals surface area contributed by atoms with Crippen LogP contribution in [0, 0.1) is 5.41 Å². The molecule has 2 rings (SSSR count). The summed E-state index contributed by atoms with van der Waals surface area (Å²) >= 11 is 0. The van der Waals surface area contributed by atoms with Crippen LogP contribution >= 0.6 is 0 Å². The van der Waals surface area contributed by atoms with Gasteiger partial charge in [0.05, 0.1) is 7.11 Å². The van der Waals surface area contributed by atoms with E-state index in [0.717, 1.165) is 37.7 Å². The van der Waals surface area contributed by atoms with Gasteiger partial charge in [-0.2, -0.15) is 0 Å². The smallest absolute Gasteiger partial charge is 0.191 e. The van der Waals surface area contributed by atoms with Gasteiger partial charge < -0.3 is 25.2 Å². The Morgan fingerprint density at radius 1 is 1.26 bits per heavy atom. The summed E-state index contributed by atoms with van der Waals surface area (Å²) in [5, 5.41) is 16.9. The first kappa shape index (κ1) is 21.4. The number of methoxy groups -OCH3 is 1. The summed E-state index contributed by atoms with van der Waals surface area (Å²) in [6, 6.07) is 5.41. The molecule has 1 aliphatic rings. The van der Waals surface area contributed by atoms with Crippen LogP contribution in [0.4, 0.5) is 0 Å². The van der Waals surface area contributed by atoms with Crippen LogP contribution in [-0.4, -0.2) is 51.5 Å². The van der Waals surface area contributed by atoms with Crippen LogP contribution < -0.4 is 15.4 Å². The number of nitrogens with zero attached hydrogens (tertiary/aromatic N) is 1. The number of aromatic hydroxyl groups is 1. The molecule has 6 heteroatoms. The second kappa shape index (κ2) is 11.0. The van der Waals surface area contributed by atoms with Crippen LogP contribution in [0.3, 0.4) is 0 Å². The molecule has 1 fully saturated rings. The monoisotopic (exact) mass is 377 g/mol. The fourth-order valence-corrected chi connectivity index (χ4v) is 3.76. The molecule has 152 valence electrons. The summed E-state index contributed by atoms with van der Waals surface area (Å²) in [6.45, 7) is 5.29. The van der Waals surface area contributed by atoms with Crippen molar-refractivity contribution >= 4 is 5.96 Å². The lowest BCUT2D eigenvalue weighted by Gasteiger charge is -2.30. The standard InChI is InChI=1S/C21H35N3O3/c1-4-27-14-12-21(10-5-6-11-21)16-24-20(22-2)23-13-9-17-7-8-18(26-3)15-19(17)25/h7-8,15,25H,4-6,9-14,16H2,1-3H3,(H2,22,23,24). The first-order valence-electron chi connectivity index (χ1n) is 10.0. The van der Waals surface area contributed by atoms with Gasteiger partial charge in [0.15, 0.2) is 5.96 Å². The summed E-state index contributed by atoms with van der Waals surface area (Å²) in [6.07, 6.45) is 6.93. The number of aliphatic imine (C=N–C) groups is 1. The quantitative estimate of drug-likeness (QED) is 0.332. The van der Waals surface area contributed by atoms with Crippen molar-refractivity contribution in [2.45, 2.75) is 45.4 Å². The number of phenols is 1. The number of rotatable bonds is 10. The Balaban J connectivity index is 1.79. The summed E-state index contributed by atoms with van der Waals surface area (Å²) in [4.78, 5) is 4.34. The molecule has 0 unspecified atom stereocenters. The Labute approximate surface area is 163 Å². The number of guanidine groups is 1. The number of hydrogen-bond acceptors (Lipinski definition) is 4. The molecule has 0 saturated heterocycles. The highest BCUT2D eigenvalue weighted by Crippen LogP contribution is 2.40. The number of hydrogen-bond donors (Lipinski definition) is 3. The third-order valence-corrected chi connectivity index (χ3v) is 5.48. The summed E-state index contributed by atoms with van der Waals surface area (Å²) < 4.78 is 10.7. The third-order valence-electron chi connectivity index (χ3n) is 5.48. The van der Waals surface area contributed by atoms with Gasteiger partial charge in [0, 0.05) is 39.4 Å². The van der Waals surface area contributed by atoms with Crippen molar-refractivity contribution < 1.29 is 14.6 Å². The molecule has 0 amide bonds. The van der Waals surface area contributed by atoms with E-state index in [2.05, 4.69) is 15.6 Å². The minimum atomic E-state index is 0.264. The molecule has 1 aromatic rings. The highest BCUT2D eigenvalue weighted by atomic mass is 16.5. The maximum atomic E-state index is 10.1. The van der Waals surface area contributed by atoms with Gasteiger partial charge in [0.1, 0.15) is 11.5 Å². The SMILES string of the molecule is CCOCCC1(CNC(=NC)NCCc2ccc(OC)cc2O)CCCC1. The second-order valence-electron chi connectivity index (χ2n) is 7.25. The predicted octanol–water partition coefficient (Wildman–Crippen LogP) is 3.10. The second-order valence-corrected chi connectivity index (χ2v) is 7.25.